The Balaban J connectivity index is 2.23. The fraction of sp³-hybridized carbons (Fsp3) is 0.557. The van der Waals surface area contributed by atoms with E-state index >= 15 is 0 Å². The van der Waals surface area contributed by atoms with Crippen molar-refractivity contribution in [2.45, 2.75) is 204 Å². The second kappa shape index (κ2) is 48.4. The molecule has 1 rings (SSSR count). The number of ether oxygens (including phenoxy) is 2. The molecule has 1 heterocycles. The number of rotatable bonds is 42. The van der Waals surface area contributed by atoms with Gasteiger partial charge in [0.25, 0.3) is 0 Å². The van der Waals surface area contributed by atoms with Crippen molar-refractivity contribution in [3.8, 4) is 0 Å². The summed E-state index contributed by atoms with van der Waals surface area (Å²) in [6.45, 7) is 3.55. The number of hydrogen-bond acceptors (Lipinski definition) is 8. The summed E-state index contributed by atoms with van der Waals surface area (Å²) in [5, 5.41) is 54.1. The summed E-state index contributed by atoms with van der Waals surface area (Å²) in [7, 11) is 0. The lowest BCUT2D eigenvalue weighted by Crippen LogP contribution is -2.60. The first kappa shape index (κ1) is 63.8. The van der Waals surface area contributed by atoms with E-state index in [0.717, 1.165) is 109 Å². The number of unbranched alkanes of at least 4 members (excludes halogenated alkanes) is 8. The van der Waals surface area contributed by atoms with E-state index in [1.807, 2.05) is 6.08 Å². The predicted octanol–water partition coefficient (Wildman–Crippen LogP) is 12.9. The SMILES string of the molecule is CC/C=C\C/C=C\C/C=C\C/C=C\C/C=C\C/C=C\C/C=C\C/C=C\C/C=C\C/C=C\C/C=C\CCCCCC(=O)NC(COC1OC(CO)C(O)C(O)C1O)C(O)/C=C/CC/C=C/CCCCCC. The van der Waals surface area contributed by atoms with Crippen molar-refractivity contribution in [1.82, 2.24) is 5.32 Å². The Morgan fingerprint density at radius 1 is 0.500 bits per heavy atom. The fourth-order valence-electron chi connectivity index (χ4n) is 7.11. The predicted molar refractivity (Wildman–Crippen MR) is 294 cm³/mol. The molecule has 0 aromatic carbocycles. The average molecular weight is 970 g/mol. The lowest BCUT2D eigenvalue weighted by Gasteiger charge is -2.40. The Hall–Kier alpha value is -4.19. The van der Waals surface area contributed by atoms with Gasteiger partial charge in [0.1, 0.15) is 24.4 Å². The van der Waals surface area contributed by atoms with Crippen LogP contribution in [-0.4, -0.2) is 87.5 Å². The van der Waals surface area contributed by atoms with Crippen molar-refractivity contribution < 1.29 is 39.8 Å². The lowest BCUT2D eigenvalue weighted by molar-refractivity contribution is -0.302. The van der Waals surface area contributed by atoms with Crippen LogP contribution in [-0.2, 0) is 14.3 Å². The maximum absolute atomic E-state index is 13.0. The Bertz CT molecular complexity index is 1640. The second-order valence-electron chi connectivity index (χ2n) is 17.6. The number of hydrogen-bond donors (Lipinski definition) is 6. The van der Waals surface area contributed by atoms with Gasteiger partial charge in [-0.2, -0.15) is 0 Å². The molecule has 0 aromatic rings. The molecule has 1 amide bonds. The minimum Gasteiger partial charge on any atom is -0.394 e. The van der Waals surface area contributed by atoms with Crippen molar-refractivity contribution in [2.75, 3.05) is 13.2 Å². The zero-order valence-corrected chi connectivity index (χ0v) is 43.2. The van der Waals surface area contributed by atoms with E-state index in [1.54, 1.807) is 6.08 Å². The zero-order valence-electron chi connectivity index (χ0n) is 43.2. The number of carbonyl (C=O) groups excluding carboxylic acids is 1. The van der Waals surface area contributed by atoms with Crippen molar-refractivity contribution in [3.63, 3.8) is 0 Å². The quantitative estimate of drug-likeness (QED) is 0.0262. The Morgan fingerprint density at radius 2 is 0.900 bits per heavy atom. The molecule has 0 aromatic heterocycles. The molecule has 7 atom stereocenters. The molecule has 0 spiro atoms. The highest BCUT2D eigenvalue weighted by Crippen LogP contribution is 2.22. The molecule has 9 heteroatoms. The van der Waals surface area contributed by atoms with E-state index < -0.39 is 49.5 Å². The molecule has 9 nitrogen and oxygen atoms in total. The third-order valence-corrected chi connectivity index (χ3v) is 11.3. The fourth-order valence-corrected chi connectivity index (χ4v) is 7.11. The molecule has 1 aliphatic rings. The van der Waals surface area contributed by atoms with E-state index in [2.05, 4.69) is 165 Å². The number of carbonyl (C=O) groups is 1. The summed E-state index contributed by atoms with van der Waals surface area (Å²) in [5.74, 6) is -0.229. The van der Waals surface area contributed by atoms with Crippen LogP contribution < -0.4 is 5.32 Å². The van der Waals surface area contributed by atoms with Crippen LogP contribution in [0.2, 0.25) is 0 Å². The van der Waals surface area contributed by atoms with E-state index in [-0.39, 0.29) is 18.9 Å². The highest BCUT2D eigenvalue weighted by atomic mass is 16.7. The number of amides is 1. The molecule has 0 bridgehead atoms. The zero-order chi connectivity index (χ0) is 50.8. The number of aliphatic hydroxyl groups excluding tert-OH is 5. The summed E-state index contributed by atoms with van der Waals surface area (Å²) in [6, 6.07) is -0.850. The summed E-state index contributed by atoms with van der Waals surface area (Å²) in [4.78, 5) is 13.0. The van der Waals surface area contributed by atoms with Crippen LogP contribution in [0.3, 0.4) is 0 Å². The summed E-state index contributed by atoms with van der Waals surface area (Å²) in [5.41, 5.74) is 0. The number of allylic oxidation sites excluding steroid dienone is 25. The molecule has 0 saturated carbocycles. The lowest BCUT2D eigenvalue weighted by atomic mass is 9.99. The van der Waals surface area contributed by atoms with Gasteiger partial charge < -0.3 is 40.3 Å². The largest absolute Gasteiger partial charge is 0.394 e. The van der Waals surface area contributed by atoms with Crippen molar-refractivity contribution in [3.05, 3.63) is 158 Å². The summed E-state index contributed by atoms with van der Waals surface area (Å²) >= 11 is 0. The minimum atomic E-state index is -1.59. The summed E-state index contributed by atoms with van der Waals surface area (Å²) in [6.07, 6.45) is 70.3. The van der Waals surface area contributed by atoms with E-state index in [0.29, 0.717) is 6.42 Å². The van der Waals surface area contributed by atoms with Crippen LogP contribution in [0.15, 0.2) is 158 Å². The van der Waals surface area contributed by atoms with Gasteiger partial charge in [0.05, 0.1) is 25.4 Å². The molecule has 7 unspecified atom stereocenters. The monoisotopic (exact) mass is 970 g/mol. The Kier molecular flexibility index (Phi) is 44.2. The minimum absolute atomic E-state index is 0.226. The van der Waals surface area contributed by atoms with Gasteiger partial charge in [-0.3, -0.25) is 4.79 Å². The number of nitrogens with one attached hydrogen (secondary N) is 1. The van der Waals surface area contributed by atoms with E-state index in [1.165, 1.54) is 25.7 Å². The first-order chi connectivity index (χ1) is 34.3. The van der Waals surface area contributed by atoms with Crippen molar-refractivity contribution in [2.24, 2.45) is 0 Å². The third-order valence-electron chi connectivity index (χ3n) is 11.3. The molecule has 1 fully saturated rings. The Morgan fingerprint density at radius 3 is 1.34 bits per heavy atom. The van der Waals surface area contributed by atoms with E-state index in [9.17, 15) is 30.3 Å². The average Bonchev–Trinajstić information content (AvgIpc) is 3.36. The number of aliphatic hydroxyl groups is 5. The van der Waals surface area contributed by atoms with Crippen LogP contribution in [0.5, 0.6) is 0 Å². The van der Waals surface area contributed by atoms with Crippen LogP contribution in [0.1, 0.15) is 162 Å². The maximum atomic E-state index is 13.0. The van der Waals surface area contributed by atoms with Gasteiger partial charge in [0.2, 0.25) is 5.91 Å². The highest BCUT2D eigenvalue weighted by Gasteiger charge is 2.44. The molecule has 70 heavy (non-hydrogen) atoms. The Labute approximate surface area is 425 Å². The molecule has 1 aliphatic heterocycles. The molecular weight excluding hydrogens is 875 g/mol. The third kappa shape index (κ3) is 37.6. The van der Waals surface area contributed by atoms with Crippen LogP contribution in [0.25, 0.3) is 0 Å². The molecule has 6 N–H and O–H groups in total. The van der Waals surface area contributed by atoms with E-state index in [4.69, 9.17) is 9.47 Å². The topological polar surface area (TPSA) is 149 Å². The van der Waals surface area contributed by atoms with Gasteiger partial charge in [-0.05, 0) is 116 Å². The normalized spacial score (nSPS) is 20.7. The van der Waals surface area contributed by atoms with Gasteiger partial charge in [0.15, 0.2) is 6.29 Å². The molecule has 0 radical (unpaired) electrons. The van der Waals surface area contributed by atoms with Crippen LogP contribution >= 0.6 is 0 Å². The van der Waals surface area contributed by atoms with Crippen molar-refractivity contribution in [1.29, 1.82) is 0 Å². The molecule has 1 saturated heterocycles. The highest BCUT2D eigenvalue weighted by molar-refractivity contribution is 5.76. The standard InChI is InChI=1S/C61H95NO8/c1-3-5-7-9-11-13-15-16-17-18-19-20-21-22-23-24-25-26-27-28-29-30-31-32-33-34-35-36-37-38-39-40-41-43-45-47-49-51-57(65)62-54(53-69-61-60(68)59(67)58(66)56(52-63)70-61)55(64)50-48-46-44-42-14-12-10-8-6-4-2/h5,7,11,13-14,16-17,19-20,22-23,25-26,28-29,31-32,34-35,37-38,40-42,48,50,54-56,58-61,63-64,66-68H,3-4,6,8-10,12,15,18,21,24,27,30,33,36,39,43-47,49,51-53H2,1-2H3,(H,62,65)/b7-5-,13-11-,17-16-,20-19-,23-22-,26-25-,29-28-,32-31-,35-34-,38-37-,41-40-,42-14+,50-48+. The maximum Gasteiger partial charge on any atom is 0.220 e. The second-order valence-corrected chi connectivity index (χ2v) is 17.6. The molecule has 0 aliphatic carbocycles. The van der Waals surface area contributed by atoms with Crippen molar-refractivity contribution >= 4 is 5.91 Å². The van der Waals surface area contributed by atoms with Gasteiger partial charge in [-0.25, -0.2) is 0 Å². The van der Waals surface area contributed by atoms with Gasteiger partial charge in [-0.15, -0.1) is 0 Å². The first-order valence-corrected chi connectivity index (χ1v) is 26.7. The first-order valence-electron chi connectivity index (χ1n) is 26.7. The smallest absolute Gasteiger partial charge is 0.220 e. The van der Waals surface area contributed by atoms with Gasteiger partial charge >= 0.3 is 0 Å². The van der Waals surface area contributed by atoms with Gasteiger partial charge in [0, 0.05) is 6.42 Å². The summed E-state index contributed by atoms with van der Waals surface area (Å²) < 4.78 is 11.2. The molecule has 392 valence electrons. The van der Waals surface area contributed by atoms with Gasteiger partial charge in [-0.1, -0.05) is 198 Å². The van der Waals surface area contributed by atoms with Crippen LogP contribution in [0.4, 0.5) is 0 Å². The van der Waals surface area contributed by atoms with Crippen LogP contribution in [0, 0.1) is 0 Å². The molecular formula is C61H95NO8.